The van der Waals surface area contributed by atoms with Gasteiger partial charge in [0.15, 0.2) is 11.1 Å². The lowest BCUT2D eigenvalue weighted by molar-refractivity contribution is -0.139. The minimum absolute atomic E-state index is 0.0238. The molecule has 2 fully saturated rings. The molecular weight excluding hydrogens is 593 g/mol. The first-order valence-corrected chi connectivity index (χ1v) is 13.9. The van der Waals surface area contributed by atoms with E-state index in [9.17, 15) is 20.1 Å². The minimum Gasteiger partial charge on any atom is -0.459 e. The van der Waals surface area contributed by atoms with Crippen LogP contribution in [0.1, 0.15) is 11.1 Å². The van der Waals surface area contributed by atoms with Crippen molar-refractivity contribution in [3.05, 3.63) is 101 Å². The van der Waals surface area contributed by atoms with Crippen LogP contribution in [0.5, 0.6) is 0 Å². The Morgan fingerprint density at radius 1 is 0.698 bits per heavy atom. The summed E-state index contributed by atoms with van der Waals surface area (Å²) in [6.07, 6.45) is -0.270. The summed E-state index contributed by atoms with van der Waals surface area (Å²) in [6, 6.07) is 27.3. The molecule has 0 saturated carbocycles. The maximum Gasteiger partial charge on any atom is 0.350 e. The number of ether oxygens (including phenoxy) is 4. The Kier molecular flexibility index (Phi) is 9.41. The third-order valence-electron chi connectivity index (χ3n) is 6.45. The molecule has 0 aromatic heterocycles. The molecule has 2 unspecified atom stereocenters. The van der Waals surface area contributed by atoms with Gasteiger partial charge >= 0.3 is 11.9 Å². The maximum absolute atomic E-state index is 12.4. The molecule has 0 aliphatic carbocycles. The molecule has 2 saturated heterocycles. The van der Waals surface area contributed by atoms with Crippen molar-refractivity contribution < 1.29 is 28.5 Å². The van der Waals surface area contributed by atoms with Gasteiger partial charge in [-0.2, -0.15) is 10.5 Å². The van der Waals surface area contributed by atoms with Gasteiger partial charge in [-0.05, 0) is 47.5 Å². The van der Waals surface area contributed by atoms with Crippen LogP contribution in [0.3, 0.4) is 0 Å². The van der Waals surface area contributed by atoms with Crippen molar-refractivity contribution in [2.75, 3.05) is 31.3 Å². The van der Waals surface area contributed by atoms with Crippen molar-refractivity contribution >= 4 is 62.3 Å². The molecule has 9 nitrogen and oxygen atoms in total. The summed E-state index contributed by atoms with van der Waals surface area (Å²) in [7, 11) is 0. The highest BCUT2D eigenvalue weighted by Gasteiger charge is 2.27. The number of anilines is 3. The molecule has 0 N–H and O–H groups in total. The Morgan fingerprint density at radius 2 is 1.07 bits per heavy atom. The normalized spacial score (nSPS) is 17.8. The van der Waals surface area contributed by atoms with Gasteiger partial charge in [-0.1, -0.05) is 65.7 Å². The SMILES string of the molecule is N#C/C(C(=O)OCC1CO1)=C(/Cl)c1ccc(N(c2ccccc2)c2ccc(/C(Cl)=C(\C#N)C(=O)OCC3CO3)cc2)cc1. The van der Waals surface area contributed by atoms with Crippen LogP contribution in [0, 0.1) is 22.7 Å². The predicted octanol–water partition coefficient (Wildman–Crippen LogP) is 5.99. The lowest BCUT2D eigenvalue weighted by Gasteiger charge is -2.26. The summed E-state index contributed by atoms with van der Waals surface area (Å²) in [5.74, 6) is -1.62. The molecule has 5 rings (SSSR count). The minimum atomic E-state index is -0.810. The number of halogens is 2. The molecular formula is C32H23Cl2N3O6. The highest BCUT2D eigenvalue weighted by atomic mass is 35.5. The molecule has 0 spiro atoms. The lowest BCUT2D eigenvalue weighted by atomic mass is 10.1. The highest BCUT2D eigenvalue weighted by molar-refractivity contribution is 6.51. The van der Waals surface area contributed by atoms with Gasteiger partial charge < -0.3 is 23.8 Å². The average Bonchev–Trinajstić information content (AvgIpc) is 3.97. The van der Waals surface area contributed by atoms with Crippen LogP contribution >= 0.6 is 23.2 Å². The number of rotatable bonds is 11. The smallest absolute Gasteiger partial charge is 0.350 e. The molecule has 11 heteroatoms. The molecule has 0 amide bonds. The van der Waals surface area contributed by atoms with Gasteiger partial charge in [-0.3, -0.25) is 0 Å². The van der Waals surface area contributed by atoms with E-state index in [2.05, 4.69) is 0 Å². The topological polar surface area (TPSA) is 128 Å². The van der Waals surface area contributed by atoms with Crippen molar-refractivity contribution in [3.8, 4) is 12.1 Å². The monoisotopic (exact) mass is 615 g/mol. The van der Waals surface area contributed by atoms with Crippen LogP contribution in [-0.4, -0.2) is 50.6 Å². The molecule has 3 aromatic rings. The summed E-state index contributed by atoms with van der Waals surface area (Å²) in [4.78, 5) is 26.7. The fourth-order valence-electron chi connectivity index (χ4n) is 4.01. The van der Waals surface area contributed by atoms with Gasteiger partial charge in [0, 0.05) is 17.1 Å². The first-order chi connectivity index (χ1) is 20.9. The molecule has 2 aliphatic heterocycles. The number of carbonyl (C=O) groups is 2. The van der Waals surface area contributed by atoms with Crippen LogP contribution in [0.15, 0.2) is 90.0 Å². The maximum atomic E-state index is 12.4. The summed E-state index contributed by atoms with van der Waals surface area (Å²) in [5, 5.41) is 19.0. The van der Waals surface area contributed by atoms with E-state index in [1.165, 1.54) is 0 Å². The first-order valence-electron chi connectivity index (χ1n) is 13.1. The second-order valence-corrected chi connectivity index (χ2v) is 10.2. The molecule has 2 heterocycles. The molecule has 3 aromatic carbocycles. The van der Waals surface area contributed by atoms with Gasteiger partial charge in [0.1, 0.15) is 37.6 Å². The van der Waals surface area contributed by atoms with E-state index < -0.39 is 11.9 Å². The van der Waals surface area contributed by atoms with Gasteiger partial charge in [0.25, 0.3) is 0 Å². The predicted molar refractivity (Wildman–Crippen MR) is 159 cm³/mol. The second-order valence-electron chi connectivity index (χ2n) is 9.47. The van der Waals surface area contributed by atoms with E-state index >= 15 is 0 Å². The van der Waals surface area contributed by atoms with E-state index in [0.29, 0.717) is 24.3 Å². The van der Waals surface area contributed by atoms with Crippen LogP contribution in [-0.2, 0) is 28.5 Å². The molecule has 216 valence electrons. The Balaban J connectivity index is 1.41. The van der Waals surface area contributed by atoms with Crippen molar-refractivity contribution in [1.82, 2.24) is 0 Å². The summed E-state index contributed by atoms with van der Waals surface area (Å²) >= 11 is 12.9. The third-order valence-corrected chi connectivity index (χ3v) is 7.26. The van der Waals surface area contributed by atoms with E-state index in [-0.39, 0.29) is 46.6 Å². The van der Waals surface area contributed by atoms with Crippen LogP contribution in [0.25, 0.3) is 10.1 Å². The van der Waals surface area contributed by atoms with Gasteiger partial charge in [0.2, 0.25) is 0 Å². The highest BCUT2D eigenvalue weighted by Crippen LogP contribution is 2.37. The quantitative estimate of drug-likeness (QED) is 0.110. The number of nitriles is 2. The van der Waals surface area contributed by atoms with E-state index in [1.54, 1.807) is 48.5 Å². The Morgan fingerprint density at radius 3 is 1.42 bits per heavy atom. The van der Waals surface area contributed by atoms with Crippen molar-refractivity contribution in [2.45, 2.75) is 12.2 Å². The zero-order chi connectivity index (χ0) is 30.3. The number of hydrogen-bond donors (Lipinski definition) is 0. The first kappa shape index (κ1) is 29.8. The van der Waals surface area contributed by atoms with Gasteiger partial charge in [0.05, 0.1) is 23.3 Å². The molecule has 43 heavy (non-hydrogen) atoms. The number of carbonyl (C=O) groups excluding carboxylic acids is 2. The zero-order valence-electron chi connectivity index (χ0n) is 22.5. The number of epoxide rings is 2. The lowest BCUT2D eigenvalue weighted by Crippen LogP contribution is -2.12. The van der Waals surface area contributed by atoms with Crippen molar-refractivity contribution in [1.29, 1.82) is 10.5 Å². The standard InChI is InChI=1S/C32H23Cl2N3O6/c33-29(27(14-35)31(38)42-18-25-16-40-25)20-6-10-23(11-7-20)37(22-4-2-1-3-5-22)24-12-8-21(9-13-24)30(34)28(15-36)32(39)43-19-26-17-41-26/h1-13,25-26H,16-19H2/b29-27-,30-28-. The largest absolute Gasteiger partial charge is 0.459 e. The van der Waals surface area contributed by atoms with Gasteiger partial charge in [-0.25, -0.2) is 9.59 Å². The van der Waals surface area contributed by atoms with E-state index in [4.69, 9.17) is 42.1 Å². The fourth-order valence-corrected chi connectivity index (χ4v) is 4.50. The number of nitrogens with zero attached hydrogens (tertiary/aromatic N) is 3. The summed E-state index contributed by atoms with van der Waals surface area (Å²) in [6.45, 7) is 1.17. The van der Waals surface area contributed by atoms with E-state index in [0.717, 1.165) is 17.1 Å². The average molecular weight is 616 g/mol. The van der Waals surface area contributed by atoms with Crippen molar-refractivity contribution in [2.24, 2.45) is 0 Å². The number of para-hydroxylation sites is 1. The molecule has 2 atom stereocenters. The second kappa shape index (κ2) is 13.6. The summed E-state index contributed by atoms with van der Waals surface area (Å²) in [5.41, 5.74) is 2.69. The Hall–Kier alpha value is -4.64. The van der Waals surface area contributed by atoms with Crippen LogP contribution in [0.4, 0.5) is 17.1 Å². The molecule has 2 aliphatic rings. The zero-order valence-corrected chi connectivity index (χ0v) is 24.0. The molecule has 0 radical (unpaired) electrons. The fraction of sp³-hybridized carbons (Fsp3) is 0.188. The third kappa shape index (κ3) is 7.42. The number of esters is 2. The van der Waals surface area contributed by atoms with Crippen LogP contribution in [0.2, 0.25) is 0 Å². The molecule has 0 bridgehead atoms. The van der Waals surface area contributed by atoms with Crippen molar-refractivity contribution in [3.63, 3.8) is 0 Å². The van der Waals surface area contributed by atoms with Crippen LogP contribution < -0.4 is 4.90 Å². The summed E-state index contributed by atoms with van der Waals surface area (Å²) < 4.78 is 20.3. The Bertz CT molecular complexity index is 1540. The van der Waals surface area contributed by atoms with Gasteiger partial charge in [-0.15, -0.1) is 0 Å². The van der Waals surface area contributed by atoms with E-state index in [1.807, 2.05) is 47.4 Å². The Labute approximate surface area is 257 Å². The number of benzene rings is 3. The number of hydrogen-bond acceptors (Lipinski definition) is 9.